The first-order valence-corrected chi connectivity index (χ1v) is 5.44. The molecule has 15 heavy (non-hydrogen) atoms. The van der Waals surface area contributed by atoms with E-state index in [1.165, 1.54) is 0 Å². The molecule has 0 aromatic rings. The minimum atomic E-state index is -0.925. The Kier molecular flexibility index (Phi) is 2.14. The van der Waals surface area contributed by atoms with Gasteiger partial charge >= 0.3 is 0 Å². The molecule has 0 saturated carbocycles. The number of hydrogen-bond acceptors (Lipinski definition) is 3. The van der Waals surface area contributed by atoms with Gasteiger partial charge in [0.25, 0.3) is 0 Å². The molecule has 2 atom stereocenters. The molecule has 4 nitrogen and oxygen atoms in total. The van der Waals surface area contributed by atoms with Crippen molar-refractivity contribution in [2.45, 2.75) is 51.5 Å². The molecule has 0 radical (unpaired) electrons. The van der Waals surface area contributed by atoms with Crippen LogP contribution in [0.25, 0.3) is 0 Å². The van der Waals surface area contributed by atoms with Gasteiger partial charge in [0, 0.05) is 0 Å². The number of fused-ring (bicyclic) bond motifs is 1. The lowest BCUT2D eigenvalue weighted by Crippen LogP contribution is -2.75. The number of nitrogens with zero attached hydrogens (tertiary/aromatic N) is 1. The lowest BCUT2D eigenvalue weighted by molar-refractivity contribution is -0.248. The minimum absolute atomic E-state index is 0.0113. The van der Waals surface area contributed by atoms with Crippen LogP contribution < -0.4 is 0 Å². The Morgan fingerprint density at radius 3 is 2.67 bits per heavy atom. The summed E-state index contributed by atoms with van der Waals surface area (Å²) >= 11 is 0. The topological polar surface area (TPSA) is 49.8 Å². The van der Waals surface area contributed by atoms with Crippen molar-refractivity contribution >= 4 is 5.91 Å². The summed E-state index contributed by atoms with van der Waals surface area (Å²) < 4.78 is 5.55. The number of β-lactam (4-membered cyclic amide) rings is 1. The number of carbonyl (C=O) groups excluding carboxylic acids is 1. The number of aliphatic hydroxyl groups is 1. The molecule has 2 saturated heterocycles. The van der Waals surface area contributed by atoms with Crippen molar-refractivity contribution in [1.82, 2.24) is 4.90 Å². The minimum Gasteiger partial charge on any atom is -0.390 e. The fourth-order valence-corrected chi connectivity index (χ4v) is 2.78. The normalized spacial score (nSPS) is 34.7. The molecule has 2 aliphatic rings. The third kappa shape index (κ3) is 1.47. The fourth-order valence-electron chi connectivity index (χ4n) is 2.78. The molecule has 0 aromatic carbocycles. The van der Waals surface area contributed by atoms with Crippen LogP contribution in [0.5, 0.6) is 0 Å². The van der Waals surface area contributed by atoms with Gasteiger partial charge in [-0.1, -0.05) is 0 Å². The maximum absolute atomic E-state index is 11.9. The Hall–Kier alpha value is -0.610. The van der Waals surface area contributed by atoms with Gasteiger partial charge in [0.15, 0.2) is 0 Å². The van der Waals surface area contributed by atoms with Gasteiger partial charge < -0.3 is 14.7 Å². The number of amides is 1. The third-order valence-corrected chi connectivity index (χ3v) is 3.43. The van der Waals surface area contributed by atoms with Gasteiger partial charge in [0.2, 0.25) is 5.91 Å². The Morgan fingerprint density at radius 1 is 1.53 bits per heavy atom. The molecule has 2 heterocycles. The van der Waals surface area contributed by atoms with E-state index in [1.54, 1.807) is 18.7 Å². The second kappa shape index (κ2) is 2.95. The lowest BCUT2D eigenvalue weighted by atomic mass is 9.73. The van der Waals surface area contributed by atoms with Crippen molar-refractivity contribution in [3.8, 4) is 0 Å². The molecule has 2 aliphatic heterocycles. The smallest absolute Gasteiger partial charge is 0.233 e. The first kappa shape index (κ1) is 10.9. The maximum Gasteiger partial charge on any atom is 0.233 e. The fraction of sp³-hybridized carbons (Fsp3) is 0.909. The zero-order chi connectivity index (χ0) is 11.4. The monoisotopic (exact) mass is 213 g/mol. The highest BCUT2D eigenvalue weighted by Gasteiger charge is 2.59. The van der Waals surface area contributed by atoms with Crippen molar-refractivity contribution < 1.29 is 14.6 Å². The van der Waals surface area contributed by atoms with Gasteiger partial charge in [-0.15, -0.1) is 0 Å². The summed E-state index contributed by atoms with van der Waals surface area (Å²) in [6, 6.07) is 0.140. The van der Waals surface area contributed by atoms with Gasteiger partial charge in [-0.3, -0.25) is 4.79 Å². The average molecular weight is 213 g/mol. The van der Waals surface area contributed by atoms with Crippen LogP contribution in [0.1, 0.15) is 34.1 Å². The van der Waals surface area contributed by atoms with E-state index in [2.05, 4.69) is 0 Å². The van der Waals surface area contributed by atoms with Crippen LogP contribution in [0.2, 0.25) is 0 Å². The summed E-state index contributed by atoms with van der Waals surface area (Å²) in [4.78, 5) is 13.7. The molecule has 0 spiro atoms. The average Bonchev–Trinajstić information content (AvgIpc) is 1.97. The molecule has 1 N–H and O–H groups in total. The van der Waals surface area contributed by atoms with E-state index >= 15 is 0 Å². The lowest BCUT2D eigenvalue weighted by Gasteiger charge is -2.60. The quantitative estimate of drug-likeness (QED) is 0.654. The van der Waals surface area contributed by atoms with E-state index in [9.17, 15) is 9.90 Å². The Morgan fingerprint density at radius 2 is 2.13 bits per heavy atom. The van der Waals surface area contributed by atoms with Crippen LogP contribution in [0.15, 0.2) is 0 Å². The van der Waals surface area contributed by atoms with E-state index in [4.69, 9.17) is 4.74 Å². The second-order valence-corrected chi connectivity index (χ2v) is 5.49. The molecular formula is C11H19NO3. The third-order valence-electron chi connectivity index (χ3n) is 3.43. The number of rotatable bonds is 1. The molecule has 0 aromatic heterocycles. The highest BCUT2D eigenvalue weighted by molar-refractivity contribution is 5.88. The van der Waals surface area contributed by atoms with Gasteiger partial charge in [-0.05, 0) is 34.1 Å². The predicted molar refractivity (Wildman–Crippen MR) is 55.1 cm³/mol. The molecule has 4 heteroatoms. The summed E-state index contributed by atoms with van der Waals surface area (Å²) in [6.45, 7) is 7.87. The van der Waals surface area contributed by atoms with E-state index in [0.29, 0.717) is 6.61 Å². The summed E-state index contributed by atoms with van der Waals surface area (Å²) in [5.74, 6) is -0.252. The molecule has 0 unspecified atom stereocenters. The maximum atomic E-state index is 11.9. The molecule has 2 rings (SSSR count). The van der Waals surface area contributed by atoms with Crippen LogP contribution in [-0.2, 0) is 9.53 Å². The summed E-state index contributed by atoms with van der Waals surface area (Å²) in [5, 5.41) is 9.93. The summed E-state index contributed by atoms with van der Waals surface area (Å²) in [6.07, 6.45) is 0.823. The number of carbonyl (C=O) groups is 1. The van der Waals surface area contributed by atoms with Crippen molar-refractivity contribution in [3.63, 3.8) is 0 Å². The number of ether oxygens (including phenoxy) is 1. The van der Waals surface area contributed by atoms with Gasteiger partial charge in [0.05, 0.1) is 24.2 Å². The Balaban J connectivity index is 2.22. The molecule has 0 aliphatic carbocycles. The van der Waals surface area contributed by atoms with Crippen LogP contribution >= 0.6 is 0 Å². The number of hydrogen-bond donors (Lipinski definition) is 1. The van der Waals surface area contributed by atoms with E-state index in [-0.39, 0.29) is 17.9 Å². The Labute approximate surface area is 90.2 Å². The summed E-state index contributed by atoms with van der Waals surface area (Å²) in [7, 11) is 0. The molecule has 86 valence electrons. The van der Waals surface area contributed by atoms with Crippen molar-refractivity contribution in [2.75, 3.05) is 6.61 Å². The first-order chi connectivity index (χ1) is 6.75. The van der Waals surface area contributed by atoms with Crippen molar-refractivity contribution in [2.24, 2.45) is 5.92 Å². The highest BCUT2D eigenvalue weighted by Crippen LogP contribution is 2.44. The molecule has 0 bridgehead atoms. The van der Waals surface area contributed by atoms with Crippen LogP contribution in [0.3, 0.4) is 0 Å². The Bertz CT molecular complexity index is 285. The van der Waals surface area contributed by atoms with Crippen LogP contribution in [0, 0.1) is 5.92 Å². The van der Waals surface area contributed by atoms with Gasteiger partial charge in [0.1, 0.15) is 5.72 Å². The first-order valence-electron chi connectivity index (χ1n) is 5.44. The van der Waals surface area contributed by atoms with Crippen molar-refractivity contribution in [1.29, 1.82) is 0 Å². The summed E-state index contributed by atoms with van der Waals surface area (Å²) in [5.41, 5.74) is -1.44. The SMILES string of the molecule is CC(C)(O)[C@@H]1C(=O)N2[C@H]1CCOC2(C)C. The van der Waals surface area contributed by atoms with Crippen LogP contribution in [-0.4, -0.2) is 39.9 Å². The van der Waals surface area contributed by atoms with E-state index < -0.39 is 11.3 Å². The second-order valence-electron chi connectivity index (χ2n) is 5.49. The zero-order valence-electron chi connectivity index (χ0n) is 9.78. The van der Waals surface area contributed by atoms with Crippen LogP contribution in [0.4, 0.5) is 0 Å². The van der Waals surface area contributed by atoms with E-state index in [1.807, 2.05) is 13.8 Å². The molecule has 1 amide bonds. The van der Waals surface area contributed by atoms with Gasteiger partial charge in [-0.25, -0.2) is 0 Å². The molecular weight excluding hydrogens is 194 g/mol. The predicted octanol–water partition coefficient (Wildman–Crippen LogP) is 0.741. The largest absolute Gasteiger partial charge is 0.390 e. The van der Waals surface area contributed by atoms with Crippen molar-refractivity contribution in [3.05, 3.63) is 0 Å². The molecule has 2 fully saturated rings. The standard InChI is InChI=1S/C11H19NO3/c1-10(2,14)8-7-5-6-15-11(3,4)12(7)9(8)13/h7-8,14H,5-6H2,1-4H3/t7-,8-/m0/s1. The highest BCUT2D eigenvalue weighted by atomic mass is 16.5. The zero-order valence-corrected chi connectivity index (χ0v) is 9.78. The van der Waals surface area contributed by atoms with Gasteiger partial charge in [-0.2, -0.15) is 0 Å². The van der Waals surface area contributed by atoms with E-state index in [0.717, 1.165) is 6.42 Å².